The third-order valence-corrected chi connectivity index (χ3v) is 3.86. The fourth-order valence-electron chi connectivity index (χ4n) is 2.54. The number of furan rings is 1. The minimum absolute atomic E-state index is 0.0549. The lowest BCUT2D eigenvalue weighted by atomic mass is 10.1. The number of nitro groups is 1. The highest BCUT2D eigenvalue weighted by Crippen LogP contribution is 2.18. The molecule has 2 aromatic heterocycles. The van der Waals surface area contributed by atoms with Gasteiger partial charge >= 0.3 is 5.88 Å². The monoisotopic (exact) mass is 351 g/mol. The van der Waals surface area contributed by atoms with Gasteiger partial charge in [0.25, 0.3) is 5.91 Å². The van der Waals surface area contributed by atoms with Gasteiger partial charge in [-0.05, 0) is 30.2 Å². The first-order chi connectivity index (χ1) is 12.6. The second kappa shape index (κ2) is 8.06. The average molecular weight is 351 g/mol. The van der Waals surface area contributed by atoms with Gasteiger partial charge in [0, 0.05) is 12.7 Å². The Morgan fingerprint density at radius 3 is 2.50 bits per heavy atom. The standard InChI is InChI=1S/C19H17N3O4/c23-19(17-9-10-18(26-17)22(24)25)21(14-16-8-4-5-12-20-16)13-11-15-6-2-1-3-7-15/h1-10,12H,11,13-14H2. The van der Waals surface area contributed by atoms with Crippen LogP contribution < -0.4 is 0 Å². The molecule has 0 saturated carbocycles. The topological polar surface area (TPSA) is 89.5 Å². The second-order valence-electron chi connectivity index (χ2n) is 5.68. The van der Waals surface area contributed by atoms with Crippen LogP contribution in [0.25, 0.3) is 0 Å². The molecule has 3 rings (SSSR count). The van der Waals surface area contributed by atoms with E-state index in [1.54, 1.807) is 17.2 Å². The van der Waals surface area contributed by atoms with E-state index in [2.05, 4.69) is 4.98 Å². The molecular formula is C19H17N3O4. The van der Waals surface area contributed by atoms with Crippen molar-refractivity contribution in [3.8, 4) is 0 Å². The molecule has 0 atom stereocenters. The number of rotatable bonds is 7. The number of benzene rings is 1. The number of nitrogens with zero attached hydrogens (tertiary/aromatic N) is 3. The van der Waals surface area contributed by atoms with E-state index in [0.29, 0.717) is 19.5 Å². The van der Waals surface area contributed by atoms with Gasteiger partial charge in [0.05, 0.1) is 18.3 Å². The van der Waals surface area contributed by atoms with Gasteiger partial charge in [0.1, 0.15) is 4.92 Å². The molecule has 0 unspecified atom stereocenters. The van der Waals surface area contributed by atoms with E-state index < -0.39 is 16.7 Å². The largest absolute Gasteiger partial charge is 0.433 e. The highest BCUT2D eigenvalue weighted by molar-refractivity contribution is 5.91. The summed E-state index contributed by atoms with van der Waals surface area (Å²) in [6, 6.07) is 17.8. The molecule has 7 heteroatoms. The van der Waals surface area contributed by atoms with Crippen molar-refractivity contribution < 1.29 is 14.1 Å². The number of pyridine rings is 1. The van der Waals surface area contributed by atoms with Crippen molar-refractivity contribution in [2.45, 2.75) is 13.0 Å². The van der Waals surface area contributed by atoms with E-state index in [-0.39, 0.29) is 5.76 Å². The number of carbonyl (C=O) groups excluding carboxylic acids is 1. The van der Waals surface area contributed by atoms with E-state index in [9.17, 15) is 14.9 Å². The fraction of sp³-hybridized carbons (Fsp3) is 0.158. The molecule has 0 radical (unpaired) electrons. The maximum Gasteiger partial charge on any atom is 0.433 e. The SMILES string of the molecule is O=C(c1ccc([N+](=O)[O-])o1)N(CCc1ccccc1)Cc1ccccn1. The predicted octanol–water partition coefficient (Wildman–Crippen LogP) is 3.47. The van der Waals surface area contributed by atoms with Gasteiger partial charge in [0.2, 0.25) is 0 Å². The number of hydrogen-bond acceptors (Lipinski definition) is 5. The molecule has 0 N–H and O–H groups in total. The summed E-state index contributed by atoms with van der Waals surface area (Å²) in [4.78, 5) is 28.7. The lowest BCUT2D eigenvalue weighted by Gasteiger charge is -2.21. The molecule has 2 heterocycles. The molecule has 0 aliphatic rings. The van der Waals surface area contributed by atoms with Crippen LogP contribution in [0, 0.1) is 10.1 Å². The number of amides is 1. The first kappa shape index (κ1) is 17.3. The summed E-state index contributed by atoms with van der Waals surface area (Å²) in [7, 11) is 0. The van der Waals surface area contributed by atoms with Crippen molar-refractivity contribution in [1.82, 2.24) is 9.88 Å². The summed E-state index contributed by atoms with van der Waals surface area (Å²) < 4.78 is 5.07. The molecule has 0 aliphatic heterocycles. The van der Waals surface area contributed by atoms with Gasteiger partial charge in [-0.25, -0.2) is 0 Å². The first-order valence-electron chi connectivity index (χ1n) is 8.11. The zero-order valence-corrected chi connectivity index (χ0v) is 13.9. The van der Waals surface area contributed by atoms with Gasteiger partial charge in [-0.2, -0.15) is 0 Å². The van der Waals surface area contributed by atoms with E-state index in [4.69, 9.17) is 4.42 Å². The summed E-state index contributed by atoms with van der Waals surface area (Å²) in [5, 5.41) is 10.8. The lowest BCUT2D eigenvalue weighted by molar-refractivity contribution is -0.402. The molecule has 1 aromatic carbocycles. The summed E-state index contributed by atoms with van der Waals surface area (Å²) >= 11 is 0. The molecule has 3 aromatic rings. The van der Waals surface area contributed by atoms with E-state index in [1.807, 2.05) is 42.5 Å². The van der Waals surface area contributed by atoms with Crippen LogP contribution in [0.1, 0.15) is 21.8 Å². The first-order valence-corrected chi connectivity index (χ1v) is 8.11. The smallest absolute Gasteiger partial charge is 0.395 e. The zero-order valence-electron chi connectivity index (χ0n) is 13.9. The Balaban J connectivity index is 1.78. The maximum atomic E-state index is 12.8. The average Bonchev–Trinajstić information content (AvgIpc) is 3.17. The Kier molecular flexibility index (Phi) is 5.38. The highest BCUT2D eigenvalue weighted by Gasteiger charge is 2.23. The third kappa shape index (κ3) is 4.32. The Labute approximate surface area is 150 Å². The summed E-state index contributed by atoms with van der Waals surface area (Å²) in [6.45, 7) is 0.731. The van der Waals surface area contributed by atoms with Crippen molar-refractivity contribution >= 4 is 11.8 Å². The molecular weight excluding hydrogens is 334 g/mol. The minimum atomic E-state index is -0.663. The van der Waals surface area contributed by atoms with Crippen molar-refractivity contribution in [2.75, 3.05) is 6.54 Å². The van der Waals surface area contributed by atoms with Crippen LogP contribution in [0.3, 0.4) is 0 Å². The van der Waals surface area contributed by atoms with Gasteiger partial charge in [-0.1, -0.05) is 36.4 Å². The minimum Gasteiger partial charge on any atom is -0.395 e. The molecule has 0 fully saturated rings. The Hall–Kier alpha value is -3.48. The third-order valence-electron chi connectivity index (χ3n) is 3.86. The van der Waals surface area contributed by atoms with Gasteiger partial charge in [-0.3, -0.25) is 19.9 Å². The molecule has 0 bridgehead atoms. The number of hydrogen-bond donors (Lipinski definition) is 0. The molecule has 0 saturated heterocycles. The molecule has 7 nitrogen and oxygen atoms in total. The van der Waals surface area contributed by atoms with Crippen LogP contribution in [-0.4, -0.2) is 27.3 Å². The highest BCUT2D eigenvalue weighted by atomic mass is 16.6. The summed E-state index contributed by atoms with van der Waals surface area (Å²) in [6.07, 6.45) is 2.31. The van der Waals surface area contributed by atoms with E-state index >= 15 is 0 Å². The van der Waals surface area contributed by atoms with Crippen LogP contribution in [0.5, 0.6) is 0 Å². The van der Waals surface area contributed by atoms with Crippen LogP contribution >= 0.6 is 0 Å². The Morgan fingerprint density at radius 2 is 1.85 bits per heavy atom. The van der Waals surface area contributed by atoms with Crippen LogP contribution in [0.4, 0.5) is 5.88 Å². The van der Waals surface area contributed by atoms with Gasteiger partial charge < -0.3 is 9.32 Å². The molecule has 0 spiro atoms. The molecule has 132 valence electrons. The Bertz CT molecular complexity index is 878. The molecule has 0 aliphatic carbocycles. The van der Waals surface area contributed by atoms with E-state index in [1.165, 1.54) is 12.1 Å². The van der Waals surface area contributed by atoms with Crippen LogP contribution in [0.2, 0.25) is 0 Å². The normalized spacial score (nSPS) is 10.5. The quantitative estimate of drug-likeness (QED) is 0.480. The van der Waals surface area contributed by atoms with Crippen LogP contribution in [-0.2, 0) is 13.0 Å². The van der Waals surface area contributed by atoms with Crippen molar-refractivity contribution in [3.63, 3.8) is 0 Å². The van der Waals surface area contributed by atoms with Gasteiger partial charge in [0.15, 0.2) is 5.76 Å². The summed E-state index contributed by atoms with van der Waals surface area (Å²) in [5.74, 6) is -0.908. The van der Waals surface area contributed by atoms with Crippen LogP contribution in [0.15, 0.2) is 71.3 Å². The molecule has 1 amide bonds. The van der Waals surface area contributed by atoms with Crippen molar-refractivity contribution in [1.29, 1.82) is 0 Å². The predicted molar refractivity (Wildman–Crippen MR) is 94.5 cm³/mol. The van der Waals surface area contributed by atoms with Crippen molar-refractivity contribution in [3.05, 3.63) is 94.0 Å². The number of aromatic nitrogens is 1. The second-order valence-corrected chi connectivity index (χ2v) is 5.68. The fourth-order valence-corrected chi connectivity index (χ4v) is 2.54. The zero-order chi connectivity index (χ0) is 18.4. The van der Waals surface area contributed by atoms with Crippen molar-refractivity contribution in [2.24, 2.45) is 0 Å². The number of carbonyl (C=O) groups is 1. The lowest BCUT2D eigenvalue weighted by Crippen LogP contribution is -2.32. The molecule has 26 heavy (non-hydrogen) atoms. The maximum absolute atomic E-state index is 12.8. The van der Waals surface area contributed by atoms with E-state index in [0.717, 1.165) is 11.3 Å². The summed E-state index contributed by atoms with van der Waals surface area (Å²) in [5.41, 5.74) is 1.83. The van der Waals surface area contributed by atoms with Gasteiger partial charge in [-0.15, -0.1) is 0 Å². The Morgan fingerprint density at radius 1 is 1.08 bits per heavy atom.